The Morgan fingerprint density at radius 1 is 1.07 bits per heavy atom. The van der Waals surface area contributed by atoms with E-state index in [-0.39, 0.29) is 16.6 Å². The Balaban J connectivity index is 1.67. The molecular weight excluding hydrogens is 366 g/mol. The molecule has 1 amide bonds. The summed E-state index contributed by atoms with van der Waals surface area (Å²) in [5, 5.41) is 6.43. The van der Waals surface area contributed by atoms with E-state index in [1.165, 1.54) is 30.3 Å². The highest BCUT2D eigenvalue weighted by Gasteiger charge is 2.17. The van der Waals surface area contributed by atoms with Crippen molar-refractivity contribution in [1.29, 1.82) is 0 Å². The Morgan fingerprint density at radius 2 is 1.78 bits per heavy atom. The lowest BCUT2D eigenvalue weighted by atomic mass is 10.1. The first-order chi connectivity index (χ1) is 12.8. The average Bonchev–Trinajstić information content (AvgIpc) is 3.05. The first-order valence-electron chi connectivity index (χ1n) is 8.24. The molecule has 8 heteroatoms. The highest BCUT2D eigenvalue weighted by atomic mass is 32.2. The molecule has 1 heterocycles. The van der Waals surface area contributed by atoms with Crippen molar-refractivity contribution < 1.29 is 17.7 Å². The van der Waals surface area contributed by atoms with Crippen molar-refractivity contribution in [3.63, 3.8) is 0 Å². The van der Waals surface area contributed by atoms with Crippen molar-refractivity contribution in [2.45, 2.75) is 25.3 Å². The first kappa shape index (κ1) is 18.7. The lowest BCUT2D eigenvalue weighted by Gasteiger charge is -2.09. The van der Waals surface area contributed by atoms with Crippen LogP contribution in [0.3, 0.4) is 0 Å². The zero-order valence-electron chi connectivity index (χ0n) is 14.9. The zero-order chi connectivity index (χ0) is 19.4. The fourth-order valence-corrected chi connectivity index (χ4v) is 3.47. The fourth-order valence-electron chi connectivity index (χ4n) is 2.48. The zero-order valence-corrected chi connectivity index (χ0v) is 15.7. The second-order valence-electron chi connectivity index (χ2n) is 6.06. The number of hydrogen-bond donors (Lipinski definition) is 2. The number of anilines is 1. The van der Waals surface area contributed by atoms with Gasteiger partial charge in [-0.05, 0) is 49.2 Å². The van der Waals surface area contributed by atoms with Crippen molar-refractivity contribution >= 4 is 21.7 Å². The smallest absolute Gasteiger partial charge is 0.263 e. The average molecular weight is 385 g/mol. The largest absolute Gasteiger partial charge is 0.360 e. The van der Waals surface area contributed by atoms with Crippen LogP contribution in [0, 0.1) is 13.8 Å². The van der Waals surface area contributed by atoms with Gasteiger partial charge in [-0.3, -0.25) is 9.52 Å². The number of sulfonamides is 1. The third kappa shape index (κ3) is 4.53. The first-order valence-corrected chi connectivity index (χ1v) is 9.72. The van der Waals surface area contributed by atoms with Gasteiger partial charge >= 0.3 is 0 Å². The molecule has 3 rings (SSSR count). The van der Waals surface area contributed by atoms with Crippen molar-refractivity contribution in [1.82, 2.24) is 10.5 Å². The number of hydrogen-bond acceptors (Lipinski definition) is 5. The summed E-state index contributed by atoms with van der Waals surface area (Å²) < 4.78 is 31.9. The van der Waals surface area contributed by atoms with Crippen LogP contribution in [-0.4, -0.2) is 19.5 Å². The number of amides is 1. The number of nitrogens with zero attached hydrogens (tertiary/aromatic N) is 1. The van der Waals surface area contributed by atoms with E-state index < -0.39 is 10.0 Å². The molecule has 0 saturated heterocycles. The molecule has 0 radical (unpaired) electrons. The van der Waals surface area contributed by atoms with Crippen molar-refractivity contribution in [2.24, 2.45) is 0 Å². The Hall–Kier alpha value is -3.13. The topological polar surface area (TPSA) is 101 Å². The standard InChI is InChI=1S/C19H19N3O4S/c1-13-5-3-4-6-16(13)12-20-19(23)15-7-9-17(10-8-15)27(24,25)22-18-11-14(2)26-21-18/h3-11H,12H2,1-2H3,(H,20,23)(H,21,22). The van der Waals surface area contributed by atoms with Gasteiger partial charge in [-0.15, -0.1) is 0 Å². The SMILES string of the molecule is Cc1cc(NS(=O)(=O)c2ccc(C(=O)NCc3ccccc3C)cc2)no1. The number of aromatic nitrogens is 1. The predicted octanol–water partition coefficient (Wildman–Crippen LogP) is 3.02. The summed E-state index contributed by atoms with van der Waals surface area (Å²) in [6, 6.07) is 14.9. The molecule has 7 nitrogen and oxygen atoms in total. The van der Waals surface area contributed by atoms with Crippen LogP contribution in [0.1, 0.15) is 27.2 Å². The van der Waals surface area contributed by atoms with Gasteiger partial charge in [0.1, 0.15) is 5.76 Å². The predicted molar refractivity (Wildman–Crippen MR) is 101 cm³/mol. The molecule has 0 saturated carbocycles. The number of rotatable bonds is 6. The molecule has 2 aromatic carbocycles. The Kier molecular flexibility index (Phi) is 5.27. The molecule has 0 spiro atoms. The summed E-state index contributed by atoms with van der Waals surface area (Å²) in [7, 11) is -3.81. The van der Waals surface area contributed by atoms with Gasteiger partial charge in [-0.25, -0.2) is 8.42 Å². The van der Waals surface area contributed by atoms with E-state index in [4.69, 9.17) is 4.52 Å². The minimum absolute atomic E-state index is 0.0265. The van der Waals surface area contributed by atoms with Crippen LogP contribution >= 0.6 is 0 Å². The van der Waals surface area contributed by atoms with Gasteiger partial charge in [0.15, 0.2) is 5.82 Å². The quantitative estimate of drug-likeness (QED) is 0.679. The minimum atomic E-state index is -3.81. The molecule has 140 valence electrons. The number of nitrogens with one attached hydrogen (secondary N) is 2. The lowest BCUT2D eigenvalue weighted by Crippen LogP contribution is -2.23. The summed E-state index contributed by atoms with van der Waals surface area (Å²) in [6.45, 7) is 4.04. The molecule has 0 fully saturated rings. The van der Waals surface area contributed by atoms with Crippen molar-refractivity contribution in [3.8, 4) is 0 Å². The van der Waals surface area contributed by atoms with E-state index in [0.29, 0.717) is 17.9 Å². The summed E-state index contributed by atoms with van der Waals surface area (Å²) in [5.74, 6) is 0.322. The normalized spacial score (nSPS) is 11.2. The van der Waals surface area contributed by atoms with Gasteiger partial charge in [-0.2, -0.15) is 0 Å². The molecule has 1 aromatic heterocycles. The summed E-state index contributed by atoms with van der Waals surface area (Å²) in [5.41, 5.74) is 2.49. The number of carbonyl (C=O) groups is 1. The summed E-state index contributed by atoms with van der Waals surface area (Å²) in [4.78, 5) is 12.3. The molecule has 3 aromatic rings. The van der Waals surface area contributed by atoms with Gasteiger partial charge in [-0.1, -0.05) is 29.4 Å². The molecule has 0 aliphatic rings. The number of carbonyl (C=O) groups excluding carboxylic acids is 1. The highest BCUT2D eigenvalue weighted by molar-refractivity contribution is 7.92. The van der Waals surface area contributed by atoms with Crippen LogP contribution in [0.15, 0.2) is 64.0 Å². The monoisotopic (exact) mass is 385 g/mol. The number of aryl methyl sites for hydroxylation is 2. The Morgan fingerprint density at radius 3 is 2.41 bits per heavy atom. The molecule has 2 N–H and O–H groups in total. The number of benzene rings is 2. The van der Waals surface area contributed by atoms with Crippen molar-refractivity contribution in [2.75, 3.05) is 4.72 Å². The second-order valence-corrected chi connectivity index (χ2v) is 7.74. The lowest BCUT2D eigenvalue weighted by molar-refractivity contribution is 0.0951. The Bertz CT molecular complexity index is 1060. The summed E-state index contributed by atoms with van der Waals surface area (Å²) >= 11 is 0. The van der Waals surface area contributed by atoms with Gasteiger partial charge in [0.2, 0.25) is 0 Å². The van der Waals surface area contributed by atoms with Gasteiger partial charge in [0.05, 0.1) is 4.90 Å². The Labute approximate surface area is 157 Å². The van der Waals surface area contributed by atoms with Crippen LogP contribution < -0.4 is 10.0 Å². The molecular formula is C19H19N3O4S. The van der Waals surface area contributed by atoms with E-state index in [9.17, 15) is 13.2 Å². The van der Waals surface area contributed by atoms with E-state index in [1.54, 1.807) is 6.92 Å². The molecule has 27 heavy (non-hydrogen) atoms. The summed E-state index contributed by atoms with van der Waals surface area (Å²) in [6.07, 6.45) is 0. The molecule has 0 aliphatic carbocycles. The maximum Gasteiger partial charge on any atom is 0.263 e. The van der Waals surface area contributed by atoms with Gasteiger partial charge in [0.25, 0.3) is 15.9 Å². The fraction of sp³-hybridized carbons (Fsp3) is 0.158. The van der Waals surface area contributed by atoms with Crippen LogP contribution in [0.4, 0.5) is 5.82 Å². The van der Waals surface area contributed by atoms with E-state index in [0.717, 1.165) is 11.1 Å². The van der Waals surface area contributed by atoms with Gasteiger partial charge in [0, 0.05) is 18.2 Å². The third-order valence-electron chi connectivity index (χ3n) is 3.99. The second kappa shape index (κ2) is 7.63. The highest BCUT2D eigenvalue weighted by Crippen LogP contribution is 2.16. The third-order valence-corrected chi connectivity index (χ3v) is 5.36. The minimum Gasteiger partial charge on any atom is -0.360 e. The maximum absolute atomic E-state index is 12.3. The molecule has 0 atom stereocenters. The van der Waals surface area contributed by atoms with E-state index in [1.807, 2.05) is 31.2 Å². The molecule has 0 bridgehead atoms. The molecule has 0 aliphatic heterocycles. The van der Waals surface area contributed by atoms with Crippen LogP contribution in [0.25, 0.3) is 0 Å². The van der Waals surface area contributed by atoms with E-state index in [2.05, 4.69) is 15.2 Å². The van der Waals surface area contributed by atoms with Crippen LogP contribution in [0.2, 0.25) is 0 Å². The van der Waals surface area contributed by atoms with Crippen molar-refractivity contribution in [3.05, 3.63) is 77.0 Å². The van der Waals surface area contributed by atoms with Crippen LogP contribution in [-0.2, 0) is 16.6 Å². The maximum atomic E-state index is 12.3. The van der Waals surface area contributed by atoms with Gasteiger partial charge < -0.3 is 9.84 Å². The van der Waals surface area contributed by atoms with Crippen LogP contribution in [0.5, 0.6) is 0 Å². The molecule has 0 unspecified atom stereocenters. The van der Waals surface area contributed by atoms with E-state index >= 15 is 0 Å².